The van der Waals surface area contributed by atoms with Crippen LogP contribution in [0.5, 0.6) is 0 Å². The Hall–Kier alpha value is -2.38. The summed E-state index contributed by atoms with van der Waals surface area (Å²) in [6.07, 6.45) is 2.30. The maximum atomic E-state index is 12.7. The Bertz CT molecular complexity index is 909. The summed E-state index contributed by atoms with van der Waals surface area (Å²) >= 11 is 0. The van der Waals surface area contributed by atoms with E-state index in [1.165, 1.54) is 16.8 Å². The summed E-state index contributed by atoms with van der Waals surface area (Å²) in [5.41, 5.74) is 5.69. The fourth-order valence-corrected chi connectivity index (χ4v) is 3.24. The molecule has 0 spiro atoms. The van der Waals surface area contributed by atoms with Crippen molar-refractivity contribution < 1.29 is 4.79 Å². The van der Waals surface area contributed by atoms with E-state index in [0.29, 0.717) is 26.2 Å². The van der Waals surface area contributed by atoms with Gasteiger partial charge < -0.3 is 10.6 Å². The molecular weight excluding hydrogens is 368 g/mol. The van der Waals surface area contributed by atoms with Crippen molar-refractivity contribution in [2.75, 3.05) is 19.6 Å². The van der Waals surface area contributed by atoms with Crippen LogP contribution in [-0.4, -0.2) is 39.6 Å². The molecule has 7 nitrogen and oxygen atoms in total. The molecule has 1 aromatic carbocycles. The van der Waals surface area contributed by atoms with Gasteiger partial charge in [-0.2, -0.15) is 0 Å². The fraction of sp³-hybridized carbons (Fsp3) is 0.421. The lowest BCUT2D eigenvalue weighted by molar-refractivity contribution is -0.131. The zero-order valence-electron chi connectivity index (χ0n) is 15.3. The van der Waals surface area contributed by atoms with Gasteiger partial charge in [0, 0.05) is 25.4 Å². The van der Waals surface area contributed by atoms with Crippen LogP contribution in [0.25, 0.3) is 0 Å². The predicted octanol–water partition coefficient (Wildman–Crippen LogP) is 0.677. The van der Waals surface area contributed by atoms with E-state index in [0.717, 1.165) is 16.6 Å². The summed E-state index contributed by atoms with van der Waals surface area (Å²) in [4.78, 5) is 39.1. The maximum Gasteiger partial charge on any atom is 0.331 e. The highest BCUT2D eigenvalue weighted by molar-refractivity contribution is 5.85. The minimum absolute atomic E-state index is 0. The Kier molecular flexibility index (Phi) is 6.62. The van der Waals surface area contributed by atoms with E-state index in [4.69, 9.17) is 5.73 Å². The molecule has 1 unspecified atom stereocenters. The quantitative estimate of drug-likeness (QED) is 0.810. The van der Waals surface area contributed by atoms with Crippen LogP contribution in [0.1, 0.15) is 18.9 Å². The van der Waals surface area contributed by atoms with Gasteiger partial charge in [0.25, 0.3) is 5.56 Å². The van der Waals surface area contributed by atoms with E-state index in [1.807, 2.05) is 37.3 Å². The molecule has 0 saturated carbocycles. The zero-order chi connectivity index (χ0) is 18.7. The second kappa shape index (κ2) is 8.54. The van der Waals surface area contributed by atoms with Crippen molar-refractivity contribution in [1.82, 2.24) is 14.0 Å². The number of halogens is 1. The Morgan fingerprint density at radius 3 is 2.52 bits per heavy atom. The molecule has 2 aromatic rings. The smallest absolute Gasteiger partial charge is 0.331 e. The minimum Gasteiger partial charge on any atom is -0.341 e. The van der Waals surface area contributed by atoms with Crippen molar-refractivity contribution >= 4 is 18.3 Å². The molecule has 1 aliphatic rings. The summed E-state index contributed by atoms with van der Waals surface area (Å²) in [5, 5.41) is 0. The van der Waals surface area contributed by atoms with Crippen LogP contribution < -0.4 is 17.0 Å². The lowest BCUT2D eigenvalue weighted by Crippen LogP contribution is -2.44. The first-order valence-electron chi connectivity index (χ1n) is 8.74. The van der Waals surface area contributed by atoms with Crippen molar-refractivity contribution in [3.63, 3.8) is 0 Å². The van der Waals surface area contributed by atoms with E-state index >= 15 is 0 Å². The number of aromatic nitrogens is 2. The number of nitrogens with zero attached hydrogens (tertiary/aromatic N) is 3. The Morgan fingerprint density at radius 2 is 1.89 bits per heavy atom. The van der Waals surface area contributed by atoms with E-state index < -0.39 is 11.2 Å². The third-order valence-electron chi connectivity index (χ3n) is 5.03. The zero-order valence-corrected chi connectivity index (χ0v) is 16.2. The van der Waals surface area contributed by atoms with Crippen LogP contribution in [0.2, 0.25) is 0 Å². The highest BCUT2D eigenvalue weighted by Gasteiger charge is 2.35. The van der Waals surface area contributed by atoms with E-state index in [1.54, 1.807) is 4.90 Å². The van der Waals surface area contributed by atoms with Gasteiger partial charge in [-0.05, 0) is 23.9 Å². The van der Waals surface area contributed by atoms with Crippen LogP contribution in [-0.2, 0) is 17.9 Å². The van der Waals surface area contributed by atoms with Gasteiger partial charge in [-0.25, -0.2) is 4.79 Å². The Morgan fingerprint density at radius 1 is 1.19 bits per heavy atom. The van der Waals surface area contributed by atoms with Gasteiger partial charge in [0.1, 0.15) is 6.54 Å². The number of amides is 1. The van der Waals surface area contributed by atoms with Crippen LogP contribution >= 0.6 is 12.4 Å². The standard InChI is InChI=1S/C19H24N4O3.ClH/c1-19(13-20)8-10-22(14-19)17(25)12-23-16(24)7-9-21(18(23)26)11-15-5-3-2-4-6-15;/h2-7,9H,8,10-14,20H2,1H3;1H. The highest BCUT2D eigenvalue weighted by atomic mass is 35.5. The number of carbonyl (C=O) groups is 1. The first-order chi connectivity index (χ1) is 12.4. The predicted molar refractivity (Wildman–Crippen MR) is 106 cm³/mol. The van der Waals surface area contributed by atoms with Crippen molar-refractivity contribution in [2.24, 2.45) is 11.1 Å². The van der Waals surface area contributed by atoms with Gasteiger partial charge in [0.15, 0.2) is 0 Å². The molecule has 2 N–H and O–H groups in total. The molecule has 1 atom stereocenters. The normalized spacial score (nSPS) is 19.0. The SMILES string of the molecule is CC1(CN)CCN(C(=O)Cn2c(=O)ccn(Cc3ccccc3)c2=O)C1.Cl. The average molecular weight is 393 g/mol. The van der Waals surface area contributed by atoms with Gasteiger partial charge >= 0.3 is 5.69 Å². The second-order valence-electron chi connectivity index (χ2n) is 7.22. The molecule has 1 fully saturated rings. The summed E-state index contributed by atoms with van der Waals surface area (Å²) in [5.74, 6) is -0.223. The Labute approximate surface area is 163 Å². The molecule has 146 valence electrons. The largest absolute Gasteiger partial charge is 0.341 e. The van der Waals surface area contributed by atoms with E-state index in [-0.39, 0.29) is 30.3 Å². The van der Waals surface area contributed by atoms with Gasteiger partial charge in [-0.15, -0.1) is 12.4 Å². The van der Waals surface area contributed by atoms with Crippen LogP contribution in [0, 0.1) is 5.41 Å². The molecule has 1 aromatic heterocycles. The van der Waals surface area contributed by atoms with Gasteiger partial charge in [-0.3, -0.25) is 18.7 Å². The van der Waals surface area contributed by atoms with E-state index in [2.05, 4.69) is 0 Å². The monoisotopic (exact) mass is 392 g/mol. The fourth-order valence-electron chi connectivity index (χ4n) is 3.24. The highest BCUT2D eigenvalue weighted by Crippen LogP contribution is 2.28. The van der Waals surface area contributed by atoms with Crippen LogP contribution in [0.15, 0.2) is 52.2 Å². The number of nitrogens with two attached hydrogens (primary N) is 1. The lowest BCUT2D eigenvalue weighted by atomic mass is 9.90. The number of rotatable bonds is 5. The maximum absolute atomic E-state index is 12.7. The second-order valence-corrected chi connectivity index (χ2v) is 7.22. The molecule has 27 heavy (non-hydrogen) atoms. The molecule has 1 aliphatic heterocycles. The molecule has 3 rings (SSSR count). The van der Waals surface area contributed by atoms with Crippen molar-refractivity contribution in [1.29, 1.82) is 0 Å². The van der Waals surface area contributed by atoms with Gasteiger partial charge in [0.2, 0.25) is 5.91 Å². The summed E-state index contributed by atoms with van der Waals surface area (Å²) in [7, 11) is 0. The molecular formula is C19H25ClN4O3. The van der Waals surface area contributed by atoms with Crippen molar-refractivity contribution in [3.8, 4) is 0 Å². The van der Waals surface area contributed by atoms with Crippen molar-refractivity contribution in [2.45, 2.75) is 26.4 Å². The molecule has 0 aliphatic carbocycles. The number of likely N-dealkylation sites (tertiary alicyclic amines) is 1. The lowest BCUT2D eigenvalue weighted by Gasteiger charge is -2.22. The first-order valence-corrected chi connectivity index (χ1v) is 8.74. The van der Waals surface area contributed by atoms with E-state index in [9.17, 15) is 14.4 Å². The number of benzene rings is 1. The molecule has 1 saturated heterocycles. The topological polar surface area (TPSA) is 90.3 Å². The van der Waals surface area contributed by atoms with Crippen LogP contribution in [0.3, 0.4) is 0 Å². The molecule has 8 heteroatoms. The minimum atomic E-state index is -0.476. The molecule has 1 amide bonds. The van der Waals surface area contributed by atoms with Crippen LogP contribution in [0.4, 0.5) is 0 Å². The molecule has 2 heterocycles. The summed E-state index contributed by atoms with van der Waals surface area (Å²) in [6, 6.07) is 10.8. The third-order valence-corrected chi connectivity index (χ3v) is 5.03. The average Bonchev–Trinajstić information content (AvgIpc) is 3.05. The number of hydrogen-bond acceptors (Lipinski definition) is 4. The van der Waals surface area contributed by atoms with Crippen molar-refractivity contribution in [3.05, 3.63) is 69.0 Å². The first kappa shape index (κ1) is 20.9. The third kappa shape index (κ3) is 4.67. The molecule has 0 radical (unpaired) electrons. The Balaban J connectivity index is 0.00000261. The number of carbonyl (C=O) groups excluding carboxylic acids is 1. The number of hydrogen-bond donors (Lipinski definition) is 1. The molecule has 0 bridgehead atoms. The summed E-state index contributed by atoms with van der Waals surface area (Å²) < 4.78 is 2.45. The van der Waals surface area contributed by atoms with Gasteiger partial charge in [0.05, 0.1) is 6.54 Å². The summed E-state index contributed by atoms with van der Waals surface area (Å²) in [6.45, 7) is 3.82. The van der Waals surface area contributed by atoms with Gasteiger partial charge in [-0.1, -0.05) is 37.3 Å².